The molecular weight excluding hydrogens is 474 g/mol. The van der Waals surface area contributed by atoms with Gasteiger partial charge in [-0.3, -0.25) is 10.00 Å². The van der Waals surface area contributed by atoms with E-state index in [0.29, 0.717) is 31.5 Å². The number of H-pyrrole nitrogens is 1. The highest BCUT2D eigenvalue weighted by Gasteiger charge is 2.23. The standard InChI is InChI=1S/C28H36ClN5O2/c1-5-21-8-7-9-22(6-2)26(21)28-31-27(29)25(34(28)13-15-36-4)19-33(12-14-35-3)18-20-10-11-24-23(16-20)17-30-32-24/h7-11,16-17H,5-6,12-15,18-19H2,1-4H3,(H,30,32). The van der Waals surface area contributed by atoms with E-state index in [9.17, 15) is 0 Å². The summed E-state index contributed by atoms with van der Waals surface area (Å²) in [6.07, 6.45) is 3.73. The lowest BCUT2D eigenvalue weighted by molar-refractivity contribution is 0.137. The molecule has 0 saturated heterocycles. The number of rotatable bonds is 13. The van der Waals surface area contributed by atoms with Crippen molar-refractivity contribution in [2.24, 2.45) is 0 Å². The second kappa shape index (κ2) is 12.5. The number of fused-ring (bicyclic) bond motifs is 1. The zero-order valence-corrected chi connectivity index (χ0v) is 22.4. The van der Waals surface area contributed by atoms with Crippen LogP contribution in [-0.4, -0.2) is 58.6 Å². The fraction of sp³-hybridized carbons (Fsp3) is 0.429. The van der Waals surface area contributed by atoms with Gasteiger partial charge in [-0.05, 0) is 41.7 Å². The Kier molecular flexibility index (Phi) is 9.15. The van der Waals surface area contributed by atoms with E-state index in [1.807, 2.05) is 6.20 Å². The molecule has 0 atom stereocenters. The average molecular weight is 510 g/mol. The van der Waals surface area contributed by atoms with Crippen LogP contribution in [0.25, 0.3) is 22.3 Å². The first kappa shape index (κ1) is 26.4. The number of aryl methyl sites for hydroxylation is 2. The number of hydrogen-bond donors (Lipinski definition) is 1. The van der Waals surface area contributed by atoms with Crippen LogP contribution in [0, 0.1) is 0 Å². The molecule has 36 heavy (non-hydrogen) atoms. The molecule has 2 aromatic heterocycles. The molecule has 8 heteroatoms. The third-order valence-electron chi connectivity index (χ3n) is 6.66. The zero-order chi connectivity index (χ0) is 25.5. The van der Waals surface area contributed by atoms with Crippen LogP contribution in [0.15, 0.2) is 42.6 Å². The van der Waals surface area contributed by atoms with E-state index in [0.717, 1.165) is 48.4 Å². The Morgan fingerprint density at radius 2 is 1.75 bits per heavy atom. The molecule has 0 aliphatic rings. The summed E-state index contributed by atoms with van der Waals surface area (Å²) in [6, 6.07) is 12.9. The molecule has 0 unspecified atom stereocenters. The van der Waals surface area contributed by atoms with Crippen molar-refractivity contribution in [3.63, 3.8) is 0 Å². The summed E-state index contributed by atoms with van der Waals surface area (Å²) in [7, 11) is 3.46. The molecule has 4 rings (SSSR count). The van der Waals surface area contributed by atoms with E-state index in [-0.39, 0.29) is 0 Å². The van der Waals surface area contributed by atoms with Gasteiger partial charge in [-0.25, -0.2) is 4.98 Å². The summed E-state index contributed by atoms with van der Waals surface area (Å²) >= 11 is 6.87. The molecule has 0 aliphatic heterocycles. The molecule has 0 spiro atoms. The van der Waals surface area contributed by atoms with Gasteiger partial charge in [0, 0.05) is 51.3 Å². The maximum Gasteiger partial charge on any atom is 0.152 e. The van der Waals surface area contributed by atoms with E-state index in [4.69, 9.17) is 26.1 Å². The molecule has 2 aromatic carbocycles. The molecule has 192 valence electrons. The lowest BCUT2D eigenvalue weighted by atomic mass is 9.97. The molecule has 2 heterocycles. The van der Waals surface area contributed by atoms with Crippen LogP contribution in [-0.2, 0) is 41.9 Å². The van der Waals surface area contributed by atoms with Gasteiger partial charge in [0.15, 0.2) is 5.15 Å². The van der Waals surface area contributed by atoms with E-state index in [2.05, 4.69) is 69.9 Å². The number of nitrogens with one attached hydrogen (secondary N) is 1. The van der Waals surface area contributed by atoms with Gasteiger partial charge in [0.25, 0.3) is 0 Å². The minimum atomic E-state index is 0.543. The van der Waals surface area contributed by atoms with E-state index >= 15 is 0 Å². The lowest BCUT2D eigenvalue weighted by Gasteiger charge is -2.24. The normalized spacial score (nSPS) is 11.7. The van der Waals surface area contributed by atoms with Crippen molar-refractivity contribution in [2.75, 3.05) is 34.0 Å². The minimum absolute atomic E-state index is 0.543. The van der Waals surface area contributed by atoms with Gasteiger partial charge in [0.05, 0.1) is 30.6 Å². The van der Waals surface area contributed by atoms with Crippen LogP contribution in [0.2, 0.25) is 5.15 Å². The summed E-state index contributed by atoms with van der Waals surface area (Å²) in [5, 5.41) is 8.82. The predicted octanol–water partition coefficient (Wildman–Crippen LogP) is 5.50. The number of benzene rings is 2. The fourth-order valence-electron chi connectivity index (χ4n) is 4.75. The number of halogens is 1. The Morgan fingerprint density at radius 3 is 2.44 bits per heavy atom. The molecule has 4 aromatic rings. The van der Waals surface area contributed by atoms with Crippen LogP contribution in [0.1, 0.15) is 36.2 Å². The molecule has 0 amide bonds. The van der Waals surface area contributed by atoms with Crippen molar-refractivity contribution in [3.05, 3.63) is 70.1 Å². The zero-order valence-electron chi connectivity index (χ0n) is 21.7. The molecule has 0 bridgehead atoms. The SMILES string of the molecule is CCc1cccc(CC)c1-c1nc(Cl)c(CN(CCOC)Cc2ccc3[nH]ncc3c2)n1CCOC. The number of ether oxygens (including phenoxy) is 2. The van der Waals surface area contributed by atoms with Gasteiger partial charge >= 0.3 is 0 Å². The topological polar surface area (TPSA) is 68.2 Å². The second-order valence-corrected chi connectivity index (χ2v) is 9.33. The molecule has 7 nitrogen and oxygen atoms in total. The second-order valence-electron chi connectivity index (χ2n) is 8.97. The summed E-state index contributed by atoms with van der Waals surface area (Å²) < 4.78 is 13.2. The van der Waals surface area contributed by atoms with Gasteiger partial charge in [-0.15, -0.1) is 0 Å². The number of methoxy groups -OCH3 is 2. The van der Waals surface area contributed by atoms with Crippen molar-refractivity contribution in [1.29, 1.82) is 0 Å². The van der Waals surface area contributed by atoms with Gasteiger partial charge in [-0.2, -0.15) is 5.10 Å². The maximum absolute atomic E-state index is 6.87. The Labute approximate surface area is 218 Å². The van der Waals surface area contributed by atoms with E-state index in [1.165, 1.54) is 22.3 Å². The summed E-state index contributed by atoms with van der Waals surface area (Å²) in [6.45, 7) is 8.45. The number of aromatic amines is 1. The molecule has 0 aliphatic carbocycles. The third-order valence-corrected chi connectivity index (χ3v) is 6.96. The van der Waals surface area contributed by atoms with Crippen molar-refractivity contribution >= 4 is 22.5 Å². The lowest BCUT2D eigenvalue weighted by Crippen LogP contribution is -2.28. The van der Waals surface area contributed by atoms with Gasteiger partial charge < -0.3 is 14.0 Å². The molecule has 0 saturated carbocycles. The van der Waals surface area contributed by atoms with Crippen LogP contribution in [0.4, 0.5) is 0 Å². The predicted molar refractivity (Wildman–Crippen MR) is 145 cm³/mol. The van der Waals surface area contributed by atoms with Crippen molar-refractivity contribution in [3.8, 4) is 11.4 Å². The summed E-state index contributed by atoms with van der Waals surface area (Å²) in [5.74, 6) is 0.924. The third kappa shape index (κ3) is 5.81. The number of imidazole rings is 1. The number of hydrogen-bond acceptors (Lipinski definition) is 5. The van der Waals surface area contributed by atoms with Crippen LogP contribution >= 0.6 is 11.6 Å². The first-order valence-corrected chi connectivity index (χ1v) is 13.0. The smallest absolute Gasteiger partial charge is 0.152 e. The van der Waals surface area contributed by atoms with Crippen molar-refractivity contribution in [1.82, 2.24) is 24.6 Å². The van der Waals surface area contributed by atoms with Crippen molar-refractivity contribution in [2.45, 2.75) is 46.3 Å². The highest BCUT2D eigenvalue weighted by Crippen LogP contribution is 2.33. The average Bonchev–Trinajstić information content (AvgIpc) is 3.49. The first-order valence-electron chi connectivity index (χ1n) is 12.6. The molecular formula is C28H36ClN5O2. The molecule has 0 radical (unpaired) electrons. The Hall–Kier alpha value is -2.71. The maximum atomic E-state index is 6.87. The monoisotopic (exact) mass is 509 g/mol. The number of nitrogens with zero attached hydrogens (tertiary/aromatic N) is 4. The van der Waals surface area contributed by atoms with E-state index < -0.39 is 0 Å². The molecule has 1 N–H and O–H groups in total. The van der Waals surface area contributed by atoms with Crippen LogP contribution in [0.5, 0.6) is 0 Å². The number of aromatic nitrogens is 4. The van der Waals surface area contributed by atoms with Gasteiger partial charge in [0.1, 0.15) is 5.82 Å². The Morgan fingerprint density at radius 1 is 1.00 bits per heavy atom. The van der Waals surface area contributed by atoms with Crippen LogP contribution < -0.4 is 0 Å². The first-order chi connectivity index (χ1) is 17.6. The summed E-state index contributed by atoms with van der Waals surface area (Å²) in [4.78, 5) is 7.28. The van der Waals surface area contributed by atoms with E-state index in [1.54, 1.807) is 14.2 Å². The highest BCUT2D eigenvalue weighted by molar-refractivity contribution is 6.30. The Balaban J connectivity index is 1.72. The highest BCUT2D eigenvalue weighted by atomic mass is 35.5. The largest absolute Gasteiger partial charge is 0.383 e. The Bertz CT molecular complexity index is 1260. The quantitative estimate of drug-likeness (QED) is 0.258. The van der Waals surface area contributed by atoms with Crippen molar-refractivity contribution < 1.29 is 9.47 Å². The minimum Gasteiger partial charge on any atom is -0.383 e. The summed E-state index contributed by atoms with van der Waals surface area (Å²) in [5.41, 5.74) is 7.01. The van der Waals surface area contributed by atoms with Crippen LogP contribution in [0.3, 0.4) is 0 Å². The van der Waals surface area contributed by atoms with Gasteiger partial charge in [-0.1, -0.05) is 49.7 Å². The fourth-order valence-corrected chi connectivity index (χ4v) is 4.99. The van der Waals surface area contributed by atoms with Gasteiger partial charge in [0.2, 0.25) is 0 Å². The molecule has 0 fully saturated rings.